The number of carbonyl (C=O) groups excluding carboxylic acids is 2. The van der Waals surface area contributed by atoms with Gasteiger partial charge in [0.05, 0.1) is 41.4 Å². The number of anilines is 1. The zero-order valence-corrected chi connectivity index (χ0v) is 21.0. The third-order valence-corrected chi connectivity index (χ3v) is 5.43. The number of halogens is 1. The number of hydrogen-bond acceptors (Lipinski definition) is 8. The van der Waals surface area contributed by atoms with E-state index in [-0.39, 0.29) is 45.4 Å². The van der Waals surface area contributed by atoms with E-state index in [0.29, 0.717) is 4.47 Å². The molecule has 0 aromatic heterocycles. The topological polar surface area (TPSA) is 163 Å². The van der Waals surface area contributed by atoms with Crippen LogP contribution in [0.3, 0.4) is 0 Å². The molecule has 2 N–H and O–H groups in total. The van der Waals surface area contributed by atoms with Crippen LogP contribution in [0.5, 0.6) is 11.5 Å². The predicted molar refractivity (Wildman–Crippen MR) is 138 cm³/mol. The van der Waals surface area contributed by atoms with E-state index < -0.39 is 21.7 Å². The van der Waals surface area contributed by atoms with Gasteiger partial charge in [0.2, 0.25) is 0 Å². The number of hydrogen-bond donors (Lipinski definition) is 2. The molecular weight excluding hydrogens is 552 g/mol. The van der Waals surface area contributed by atoms with Crippen LogP contribution in [-0.4, -0.2) is 35.9 Å². The number of rotatable bonds is 9. The van der Waals surface area contributed by atoms with Gasteiger partial charge in [-0.15, -0.1) is 0 Å². The molecular formula is C24H19BrN4O8. The largest absolute Gasteiger partial charge is 0.496 e. The summed E-state index contributed by atoms with van der Waals surface area (Å²) in [6.45, 7) is 0. The van der Waals surface area contributed by atoms with Gasteiger partial charge in [0.1, 0.15) is 17.2 Å². The molecule has 0 aliphatic carbocycles. The van der Waals surface area contributed by atoms with E-state index in [0.717, 1.165) is 6.07 Å². The maximum absolute atomic E-state index is 13.3. The number of methoxy groups -OCH3 is 2. The average molecular weight is 571 g/mol. The first-order valence-corrected chi connectivity index (χ1v) is 11.2. The van der Waals surface area contributed by atoms with Gasteiger partial charge in [-0.2, -0.15) is 0 Å². The lowest BCUT2D eigenvalue weighted by Crippen LogP contribution is -2.31. The van der Waals surface area contributed by atoms with Crippen molar-refractivity contribution in [1.29, 1.82) is 0 Å². The van der Waals surface area contributed by atoms with E-state index in [2.05, 4.69) is 26.6 Å². The van der Waals surface area contributed by atoms with Crippen molar-refractivity contribution in [3.63, 3.8) is 0 Å². The van der Waals surface area contributed by atoms with E-state index in [1.54, 1.807) is 12.1 Å². The Morgan fingerprint density at radius 2 is 1.57 bits per heavy atom. The van der Waals surface area contributed by atoms with Crippen molar-refractivity contribution in [1.82, 2.24) is 5.32 Å². The van der Waals surface area contributed by atoms with Crippen molar-refractivity contribution in [2.75, 3.05) is 19.5 Å². The van der Waals surface area contributed by atoms with Gasteiger partial charge in [0, 0.05) is 22.7 Å². The van der Waals surface area contributed by atoms with E-state index in [9.17, 15) is 29.8 Å². The van der Waals surface area contributed by atoms with Crippen molar-refractivity contribution < 1.29 is 28.9 Å². The Balaban J connectivity index is 2.02. The lowest BCUT2D eigenvalue weighted by atomic mass is 10.1. The summed E-state index contributed by atoms with van der Waals surface area (Å²) in [6, 6.07) is 13.8. The molecule has 12 nitrogen and oxygen atoms in total. The maximum atomic E-state index is 13.3. The molecule has 0 aliphatic heterocycles. The zero-order valence-electron chi connectivity index (χ0n) is 19.4. The van der Waals surface area contributed by atoms with E-state index in [1.807, 2.05) is 0 Å². The molecule has 13 heteroatoms. The highest BCUT2D eigenvalue weighted by atomic mass is 79.9. The molecule has 0 saturated carbocycles. The summed E-state index contributed by atoms with van der Waals surface area (Å²) in [5.41, 5.74) is -0.271. The normalized spacial score (nSPS) is 10.8. The molecule has 0 atom stereocenters. The van der Waals surface area contributed by atoms with E-state index >= 15 is 0 Å². The quantitative estimate of drug-likeness (QED) is 0.212. The first-order chi connectivity index (χ1) is 17.6. The predicted octanol–water partition coefficient (Wildman–Crippen LogP) is 4.69. The minimum atomic E-state index is -0.819. The molecule has 0 saturated heterocycles. The summed E-state index contributed by atoms with van der Waals surface area (Å²) in [4.78, 5) is 47.4. The fourth-order valence-electron chi connectivity index (χ4n) is 3.19. The van der Waals surface area contributed by atoms with Gasteiger partial charge in [-0.1, -0.05) is 28.1 Å². The molecule has 0 spiro atoms. The maximum Gasteiger partial charge on any atom is 0.273 e. The molecule has 0 unspecified atom stereocenters. The number of non-ortho nitro benzene ring substituents is 2. The summed E-state index contributed by atoms with van der Waals surface area (Å²) >= 11 is 3.29. The van der Waals surface area contributed by atoms with Crippen molar-refractivity contribution in [2.45, 2.75) is 0 Å². The minimum absolute atomic E-state index is 0.0113. The van der Waals surface area contributed by atoms with Gasteiger partial charge in [0.15, 0.2) is 0 Å². The molecule has 3 aromatic rings. The SMILES string of the molecule is COc1cc([N+](=O)[O-])ccc1NC(=O)C(=Cc1cccc([N+](=O)[O-])c1)NC(=O)c1cc(Br)ccc1OC. The third-order valence-electron chi connectivity index (χ3n) is 4.94. The van der Waals surface area contributed by atoms with Gasteiger partial charge in [0.25, 0.3) is 23.2 Å². The summed E-state index contributed by atoms with van der Waals surface area (Å²) in [5, 5.41) is 27.3. The number of nitro groups is 2. The number of ether oxygens (including phenoxy) is 2. The Bertz CT molecular complexity index is 1420. The monoisotopic (exact) mass is 570 g/mol. The van der Waals surface area contributed by atoms with E-state index in [1.165, 1.54) is 62.8 Å². The zero-order chi connectivity index (χ0) is 27.1. The Morgan fingerprint density at radius 3 is 2.22 bits per heavy atom. The van der Waals surface area contributed by atoms with Gasteiger partial charge >= 0.3 is 0 Å². The first kappa shape index (κ1) is 26.8. The summed E-state index contributed by atoms with van der Waals surface area (Å²) < 4.78 is 11.0. The van der Waals surface area contributed by atoms with Crippen LogP contribution >= 0.6 is 15.9 Å². The van der Waals surface area contributed by atoms with Gasteiger partial charge < -0.3 is 20.1 Å². The van der Waals surface area contributed by atoms with Crippen LogP contribution in [0.15, 0.2) is 70.8 Å². The lowest BCUT2D eigenvalue weighted by Gasteiger charge is -2.14. The number of amides is 2. The Labute approximate surface area is 218 Å². The van der Waals surface area contributed by atoms with Crippen LogP contribution in [0, 0.1) is 20.2 Å². The second kappa shape index (κ2) is 11.8. The highest BCUT2D eigenvalue weighted by molar-refractivity contribution is 9.10. The summed E-state index contributed by atoms with van der Waals surface area (Å²) in [7, 11) is 2.66. The first-order valence-electron chi connectivity index (χ1n) is 10.4. The smallest absolute Gasteiger partial charge is 0.273 e. The number of nitrogens with zero attached hydrogens (tertiary/aromatic N) is 2. The number of nitrogens with one attached hydrogen (secondary N) is 2. The molecule has 0 heterocycles. The van der Waals surface area contributed by atoms with Crippen LogP contribution in [-0.2, 0) is 4.79 Å². The molecule has 3 rings (SSSR count). The lowest BCUT2D eigenvalue weighted by molar-refractivity contribution is -0.385. The van der Waals surface area contributed by atoms with Gasteiger partial charge in [-0.05, 0) is 35.9 Å². The second-order valence-electron chi connectivity index (χ2n) is 7.30. The molecule has 0 radical (unpaired) electrons. The fraction of sp³-hybridized carbons (Fsp3) is 0.0833. The highest BCUT2D eigenvalue weighted by Crippen LogP contribution is 2.30. The standard InChI is InChI=1S/C24H19BrN4O8/c1-36-21-9-6-15(25)12-18(21)23(30)27-20(11-14-4-3-5-16(10-14)28(32)33)24(31)26-19-8-7-17(29(34)35)13-22(19)37-2/h3-13H,1-2H3,(H,26,31)(H,27,30). The van der Waals surface area contributed by atoms with Crippen LogP contribution in [0.25, 0.3) is 6.08 Å². The third kappa shape index (κ3) is 6.67. The highest BCUT2D eigenvalue weighted by Gasteiger charge is 2.21. The summed E-state index contributed by atoms with van der Waals surface area (Å²) in [5.74, 6) is -1.26. The Morgan fingerprint density at radius 1 is 0.892 bits per heavy atom. The molecule has 0 aliphatic rings. The Hall–Kier alpha value is -4.78. The van der Waals surface area contributed by atoms with Crippen LogP contribution in [0.1, 0.15) is 15.9 Å². The second-order valence-corrected chi connectivity index (χ2v) is 8.22. The van der Waals surface area contributed by atoms with Crippen molar-refractivity contribution in [2.24, 2.45) is 0 Å². The number of benzene rings is 3. The van der Waals surface area contributed by atoms with Crippen LogP contribution in [0.4, 0.5) is 17.1 Å². The van der Waals surface area contributed by atoms with Crippen LogP contribution < -0.4 is 20.1 Å². The molecule has 3 aromatic carbocycles. The molecule has 37 heavy (non-hydrogen) atoms. The van der Waals surface area contributed by atoms with Crippen molar-refractivity contribution >= 4 is 50.9 Å². The van der Waals surface area contributed by atoms with Gasteiger partial charge in [-0.25, -0.2) is 0 Å². The van der Waals surface area contributed by atoms with Gasteiger partial charge in [-0.3, -0.25) is 29.8 Å². The molecule has 0 fully saturated rings. The number of carbonyl (C=O) groups is 2. The molecule has 0 bridgehead atoms. The number of nitro benzene ring substituents is 2. The molecule has 190 valence electrons. The van der Waals surface area contributed by atoms with Crippen molar-refractivity contribution in [3.8, 4) is 11.5 Å². The average Bonchev–Trinajstić information content (AvgIpc) is 2.88. The van der Waals surface area contributed by atoms with E-state index in [4.69, 9.17) is 9.47 Å². The van der Waals surface area contributed by atoms with Crippen LogP contribution in [0.2, 0.25) is 0 Å². The minimum Gasteiger partial charge on any atom is -0.496 e. The fourth-order valence-corrected chi connectivity index (χ4v) is 3.55. The Kier molecular flexibility index (Phi) is 8.53. The van der Waals surface area contributed by atoms with Crippen molar-refractivity contribution in [3.05, 3.63) is 102 Å². The summed E-state index contributed by atoms with van der Waals surface area (Å²) in [6.07, 6.45) is 1.25. The molecule has 2 amide bonds.